The third kappa shape index (κ3) is 34.1. The molecule has 0 heterocycles. The van der Waals surface area contributed by atoms with E-state index < -0.39 is 7.82 Å². The summed E-state index contributed by atoms with van der Waals surface area (Å²) in [7, 11) is -4.34. The fraction of sp³-hybridized carbons (Fsp3) is 1.00. The maximum atomic E-state index is 10.9. The zero-order valence-electron chi connectivity index (χ0n) is 26.8. The van der Waals surface area contributed by atoms with E-state index >= 15 is 0 Å². The van der Waals surface area contributed by atoms with Crippen LogP contribution in [0.25, 0.3) is 0 Å². The van der Waals surface area contributed by atoms with Gasteiger partial charge in [-0.2, -0.15) is 0 Å². The van der Waals surface area contributed by atoms with Gasteiger partial charge in [0, 0.05) is 5.54 Å². The molecule has 0 radical (unpaired) electrons. The van der Waals surface area contributed by atoms with Gasteiger partial charge in [-0.15, -0.1) is 0 Å². The fourth-order valence-electron chi connectivity index (χ4n) is 4.67. The van der Waals surface area contributed by atoms with E-state index in [1.807, 2.05) is 0 Å². The van der Waals surface area contributed by atoms with Gasteiger partial charge in [-0.3, -0.25) is 4.52 Å². The van der Waals surface area contributed by atoms with Crippen molar-refractivity contribution in [2.75, 3.05) is 6.61 Å². The second kappa shape index (κ2) is 26.0. The van der Waals surface area contributed by atoms with E-state index in [1.54, 1.807) is 0 Å². The summed E-state index contributed by atoms with van der Waals surface area (Å²) in [5, 5.41) is 0. The summed E-state index contributed by atoms with van der Waals surface area (Å²) in [5.41, 5.74) is 5.97. The predicted octanol–water partition coefficient (Wildman–Crippen LogP) is 10.6. The number of phosphoric acid groups is 1. The first-order valence-electron chi connectivity index (χ1n) is 16.3. The van der Waals surface area contributed by atoms with Crippen LogP contribution in [0.1, 0.15) is 177 Å². The first-order chi connectivity index (χ1) is 17.8. The highest BCUT2D eigenvalue weighted by Crippen LogP contribution is 2.37. The highest BCUT2D eigenvalue weighted by atomic mass is 31.2. The van der Waals surface area contributed by atoms with Gasteiger partial charge >= 0.3 is 7.82 Å². The second-order valence-corrected chi connectivity index (χ2v) is 14.1. The predicted molar refractivity (Wildman–Crippen MR) is 167 cm³/mol. The van der Waals surface area contributed by atoms with E-state index in [2.05, 4.69) is 48.5 Å². The van der Waals surface area contributed by atoms with Crippen LogP contribution in [0.4, 0.5) is 0 Å². The molecule has 0 amide bonds. The lowest BCUT2D eigenvalue weighted by atomic mass is 9.92. The van der Waals surface area contributed by atoms with E-state index in [4.69, 9.17) is 20.0 Å². The molecule has 3 atom stereocenters. The van der Waals surface area contributed by atoms with Crippen molar-refractivity contribution in [2.24, 2.45) is 23.5 Å². The highest BCUT2D eigenvalue weighted by molar-refractivity contribution is 7.46. The van der Waals surface area contributed by atoms with Gasteiger partial charge in [-0.1, -0.05) is 144 Å². The molecule has 0 aromatic heterocycles. The zero-order valence-corrected chi connectivity index (χ0v) is 27.7. The molecular weight excluding hydrogens is 493 g/mol. The SMILES string of the molecule is CCC(C)CCCCCC(CCCC(C)CC)COP(=O)(O)O.CCCCCCCCCCCC(C)(C)N. The third-order valence-corrected chi connectivity index (χ3v) is 8.40. The molecule has 0 saturated heterocycles. The molecule has 0 aromatic rings. The topological polar surface area (TPSA) is 92.8 Å². The lowest BCUT2D eigenvalue weighted by molar-refractivity contribution is 0.156. The highest BCUT2D eigenvalue weighted by Gasteiger charge is 2.18. The van der Waals surface area contributed by atoms with Gasteiger partial charge in [0.1, 0.15) is 0 Å². The number of unbranched alkanes of at least 4 members (excludes halogenated alkanes) is 10. The minimum Gasteiger partial charge on any atom is -0.326 e. The molecule has 6 heteroatoms. The van der Waals surface area contributed by atoms with Crippen molar-refractivity contribution in [3.05, 3.63) is 0 Å². The molecule has 0 aliphatic heterocycles. The van der Waals surface area contributed by atoms with Crippen LogP contribution in [0.5, 0.6) is 0 Å². The van der Waals surface area contributed by atoms with Crippen molar-refractivity contribution < 1.29 is 18.9 Å². The first kappa shape index (κ1) is 40.2. The second-order valence-electron chi connectivity index (χ2n) is 12.8. The number of rotatable bonds is 25. The van der Waals surface area contributed by atoms with Crippen molar-refractivity contribution in [3.63, 3.8) is 0 Å². The molecule has 0 spiro atoms. The molecule has 5 nitrogen and oxygen atoms in total. The average Bonchev–Trinajstić information content (AvgIpc) is 2.84. The molecule has 0 aromatic carbocycles. The molecule has 0 aliphatic carbocycles. The molecule has 0 aliphatic rings. The monoisotopic (exact) mass is 564 g/mol. The molecule has 0 fully saturated rings. The Bertz CT molecular complexity index is 532. The first-order valence-corrected chi connectivity index (χ1v) is 17.9. The number of nitrogens with two attached hydrogens (primary N) is 1. The van der Waals surface area contributed by atoms with Gasteiger partial charge in [-0.25, -0.2) is 4.57 Å². The van der Waals surface area contributed by atoms with Gasteiger partial charge in [0.15, 0.2) is 0 Å². The third-order valence-electron chi connectivity index (χ3n) is 7.92. The Morgan fingerprint density at radius 1 is 0.684 bits per heavy atom. The Morgan fingerprint density at radius 2 is 1.11 bits per heavy atom. The van der Waals surface area contributed by atoms with Crippen molar-refractivity contribution in [3.8, 4) is 0 Å². The molecule has 38 heavy (non-hydrogen) atoms. The molecule has 3 unspecified atom stereocenters. The van der Waals surface area contributed by atoms with Crippen LogP contribution < -0.4 is 5.73 Å². The van der Waals surface area contributed by atoms with Gasteiger partial charge in [0.2, 0.25) is 0 Å². The number of hydrogen-bond acceptors (Lipinski definition) is 3. The summed E-state index contributed by atoms with van der Waals surface area (Å²) >= 11 is 0. The standard InChI is InChI=1S/C18H39O4P.C14H31N/c1-5-16(3)11-8-7-9-13-18(15-22-23(19,20)21)14-10-12-17(4)6-2;1-4-5-6-7-8-9-10-11-12-13-14(2,3)15/h16-18H,5-15H2,1-4H3,(H2,19,20,21);4-13,15H2,1-3H3. The summed E-state index contributed by atoms with van der Waals surface area (Å²) in [6.45, 7) is 15.7. The van der Waals surface area contributed by atoms with Gasteiger partial charge in [0.25, 0.3) is 0 Å². The van der Waals surface area contributed by atoms with Crippen LogP contribution in [0.2, 0.25) is 0 Å². The summed E-state index contributed by atoms with van der Waals surface area (Å²) in [6, 6.07) is 0. The van der Waals surface area contributed by atoms with Crippen LogP contribution in [0, 0.1) is 17.8 Å². The maximum absolute atomic E-state index is 10.9. The molecular formula is C32H70NO4P. The van der Waals surface area contributed by atoms with Crippen LogP contribution in [0.15, 0.2) is 0 Å². The smallest absolute Gasteiger partial charge is 0.326 e. The Hall–Kier alpha value is 0.0700. The zero-order chi connectivity index (χ0) is 29.3. The summed E-state index contributed by atoms with van der Waals surface area (Å²) < 4.78 is 15.7. The Kier molecular flexibility index (Phi) is 27.5. The Balaban J connectivity index is 0. The summed E-state index contributed by atoms with van der Waals surface area (Å²) in [4.78, 5) is 17.8. The minimum atomic E-state index is -4.34. The Labute approximate surface area is 239 Å². The summed E-state index contributed by atoms with van der Waals surface area (Å²) in [5.74, 6) is 1.81. The van der Waals surface area contributed by atoms with E-state index in [0.29, 0.717) is 0 Å². The quantitative estimate of drug-likeness (QED) is 0.0758. The van der Waals surface area contributed by atoms with Crippen molar-refractivity contribution in [2.45, 2.75) is 182 Å². The normalized spacial score (nSPS) is 14.6. The molecule has 0 bridgehead atoms. The van der Waals surface area contributed by atoms with Crippen LogP contribution in [0.3, 0.4) is 0 Å². The molecule has 232 valence electrons. The van der Waals surface area contributed by atoms with E-state index in [0.717, 1.165) is 37.5 Å². The van der Waals surface area contributed by atoms with E-state index in [9.17, 15) is 4.57 Å². The van der Waals surface area contributed by atoms with Gasteiger partial charge in [-0.05, 0) is 50.9 Å². The summed E-state index contributed by atoms with van der Waals surface area (Å²) in [6.07, 6.45) is 25.4. The van der Waals surface area contributed by atoms with E-state index in [1.165, 1.54) is 103 Å². The lowest BCUT2D eigenvalue weighted by Crippen LogP contribution is -2.31. The van der Waals surface area contributed by atoms with Crippen molar-refractivity contribution in [1.82, 2.24) is 0 Å². The molecule has 0 saturated carbocycles. The van der Waals surface area contributed by atoms with Gasteiger partial charge < -0.3 is 15.5 Å². The minimum absolute atomic E-state index is 0.0428. The van der Waals surface area contributed by atoms with Crippen LogP contribution in [-0.2, 0) is 9.09 Å². The molecule has 4 N–H and O–H groups in total. The average molecular weight is 564 g/mol. The number of hydrogen-bond donors (Lipinski definition) is 3. The Morgan fingerprint density at radius 3 is 1.58 bits per heavy atom. The van der Waals surface area contributed by atoms with Crippen molar-refractivity contribution in [1.29, 1.82) is 0 Å². The maximum Gasteiger partial charge on any atom is 0.469 e. The van der Waals surface area contributed by atoms with Crippen LogP contribution >= 0.6 is 7.82 Å². The van der Waals surface area contributed by atoms with Gasteiger partial charge in [0.05, 0.1) is 6.61 Å². The van der Waals surface area contributed by atoms with Crippen LogP contribution in [-0.4, -0.2) is 21.9 Å². The van der Waals surface area contributed by atoms with E-state index in [-0.39, 0.29) is 18.1 Å². The fourth-order valence-corrected chi connectivity index (χ4v) is 5.08. The van der Waals surface area contributed by atoms with Crippen molar-refractivity contribution >= 4 is 7.82 Å². The largest absolute Gasteiger partial charge is 0.469 e. The number of phosphoric ester groups is 1. The molecule has 0 rings (SSSR count). The lowest BCUT2D eigenvalue weighted by Gasteiger charge is -2.18.